The first-order valence-electron chi connectivity index (χ1n) is 36.4. The molecule has 4 fully saturated rings. The van der Waals surface area contributed by atoms with Gasteiger partial charge in [-0.05, 0) is 194 Å². The molecule has 3 saturated carbocycles. The fourth-order valence-electron chi connectivity index (χ4n) is 12.7. The number of rotatable bonds is 24. The van der Waals surface area contributed by atoms with Crippen molar-refractivity contribution in [1.82, 2.24) is 0 Å². The number of esters is 2. The monoisotopic (exact) mass is 1600 g/mol. The summed E-state index contributed by atoms with van der Waals surface area (Å²) in [5, 5.41) is 18.9. The Bertz CT molecular complexity index is 3990. The van der Waals surface area contributed by atoms with Crippen LogP contribution in [0.4, 0.5) is 35.1 Å². The summed E-state index contributed by atoms with van der Waals surface area (Å²) in [5.74, 6) is -6.89. The van der Waals surface area contributed by atoms with Gasteiger partial charge in [0.15, 0.2) is 37.9 Å². The lowest BCUT2D eigenvalue weighted by atomic mass is 9.73. The molecule has 4 aliphatic rings. The van der Waals surface area contributed by atoms with E-state index in [-0.39, 0.29) is 52.4 Å². The van der Waals surface area contributed by atoms with E-state index in [1.165, 1.54) is 146 Å². The van der Waals surface area contributed by atoms with Crippen LogP contribution in [0.1, 0.15) is 173 Å². The van der Waals surface area contributed by atoms with Crippen LogP contribution in [-0.4, -0.2) is 103 Å². The minimum absolute atomic E-state index is 0.0146. The molecule has 3 unspecified atom stereocenters. The molecule has 3 aliphatic carbocycles. The van der Waals surface area contributed by atoms with E-state index in [0.717, 1.165) is 37.7 Å². The first kappa shape index (κ1) is 92.7. The van der Waals surface area contributed by atoms with E-state index in [0.29, 0.717) is 60.3 Å². The summed E-state index contributed by atoms with van der Waals surface area (Å²) in [5.41, 5.74) is -3.16. The van der Waals surface area contributed by atoms with E-state index in [1.54, 1.807) is 6.92 Å². The van der Waals surface area contributed by atoms with Crippen molar-refractivity contribution in [3.8, 4) is 11.5 Å². The van der Waals surface area contributed by atoms with E-state index in [2.05, 4.69) is 128 Å². The van der Waals surface area contributed by atoms with Crippen LogP contribution in [0.25, 0.3) is 18.2 Å². The fraction of sp³-hybridized carbons (Fsp3) is 0.435. The maximum Gasteiger partial charge on any atom is 0.421 e. The minimum atomic E-state index is -5.02. The molecule has 3 N–H and O–H groups in total. The number of ether oxygens (including phenoxy) is 4. The highest BCUT2D eigenvalue weighted by molar-refractivity contribution is 7.97. The Balaban J connectivity index is 0.000000237. The zero-order chi connectivity index (χ0) is 81.8. The number of halogens is 8. The molecule has 1 heterocycles. The van der Waals surface area contributed by atoms with Gasteiger partial charge >= 0.3 is 34.4 Å². The van der Waals surface area contributed by atoms with Crippen molar-refractivity contribution in [3.05, 3.63) is 230 Å². The van der Waals surface area contributed by atoms with Crippen molar-refractivity contribution in [1.29, 1.82) is 0 Å². The largest absolute Gasteiger partial charge is 0.465 e. The molecule has 1 saturated heterocycles. The van der Waals surface area contributed by atoms with E-state index in [9.17, 15) is 71.8 Å². The molecule has 6 aromatic carbocycles. The molecule has 25 heteroatoms. The molecule has 0 aromatic heterocycles. The number of hydrogen-bond donors (Lipinski definition) is 3. The summed E-state index contributed by atoms with van der Waals surface area (Å²) in [6.07, 6.45) is 12.0. The number of aliphatic hydroxyl groups is 2. The second-order valence-electron chi connectivity index (χ2n) is 28.8. The standard InChI is InChI=1S/C18H26O2.C18H15S.C14H19F3O3.C13H22O2.C11H11F3O.C11H12F2O6S2/c1-3-16-9-11-18(12-10-16)20-15(2)19-14-13-17-7-5-4-6-8-17;1-4-10-16(11-5-1)19(17-12-6-2-7-13-17)18-14-8-3-9-15-18;1-9-7-13(20-11(9)18)5-3-10(4-6-13)8-12(2,19)14(15,16)17;1-10(2)12(14)15-13(3,4)11-8-6-5-7-9-11;1-3-8-4-6-9(7-5-8)10(2,15)11(12,13)14;1-2-9-3-5-10(6-4-9)19-21(17,18)8-11(12,13)7-20(14,15)16/h3,9-12,15,17H,1,4-8,13-14H2,2H3;1-15H;10,19H,1,3-8H2,2H3;11H,1,5-9H2,2-4H3;3-7,15H,1H2,2H3;2-6H,1,7-8H2,(H,14,15,16)/q;+1;;;;. The van der Waals surface area contributed by atoms with Crippen molar-refractivity contribution in [2.45, 2.75) is 212 Å². The van der Waals surface area contributed by atoms with Gasteiger partial charge in [0.05, 0.1) is 17.5 Å². The van der Waals surface area contributed by atoms with Crippen molar-refractivity contribution in [2.75, 3.05) is 18.1 Å². The molecule has 1 aliphatic heterocycles. The molecule has 1 spiro atoms. The molecule has 10 rings (SSSR count). The summed E-state index contributed by atoms with van der Waals surface area (Å²) in [7, 11) is -9.77. The van der Waals surface area contributed by atoms with Crippen molar-refractivity contribution in [3.63, 3.8) is 0 Å². The Morgan fingerprint density at radius 2 is 1.04 bits per heavy atom. The number of carbonyl (C=O) groups excluding carboxylic acids is 2. The Morgan fingerprint density at radius 3 is 1.43 bits per heavy atom. The third-order valence-corrected chi connectivity index (χ3v) is 23.3. The van der Waals surface area contributed by atoms with Crippen molar-refractivity contribution in [2.24, 2.45) is 17.8 Å². The molecule has 14 nitrogen and oxygen atoms in total. The van der Waals surface area contributed by atoms with Crippen LogP contribution in [-0.2, 0) is 60.5 Å². The van der Waals surface area contributed by atoms with Gasteiger partial charge in [-0.15, -0.1) is 0 Å². The smallest absolute Gasteiger partial charge is 0.421 e. The fourth-order valence-corrected chi connectivity index (χ4v) is 16.7. The number of benzene rings is 6. The van der Waals surface area contributed by atoms with Crippen LogP contribution in [0.2, 0.25) is 0 Å². The highest BCUT2D eigenvalue weighted by atomic mass is 32.2. The van der Waals surface area contributed by atoms with E-state index >= 15 is 0 Å². The topological polar surface area (TPSA) is 209 Å². The van der Waals surface area contributed by atoms with Gasteiger partial charge < -0.3 is 33.3 Å². The predicted octanol–water partition coefficient (Wildman–Crippen LogP) is 21.1. The van der Waals surface area contributed by atoms with Crippen LogP contribution in [0.5, 0.6) is 11.5 Å². The second kappa shape index (κ2) is 42.1. The van der Waals surface area contributed by atoms with Crippen LogP contribution >= 0.6 is 0 Å². The Hall–Kier alpha value is -7.91. The van der Waals surface area contributed by atoms with Gasteiger partial charge in [-0.3, -0.25) is 4.55 Å². The zero-order valence-electron chi connectivity index (χ0n) is 63.4. The highest BCUT2D eigenvalue weighted by Gasteiger charge is 2.53. The summed E-state index contributed by atoms with van der Waals surface area (Å²) in [6, 6.07) is 50.9. The first-order chi connectivity index (χ1) is 51.4. The van der Waals surface area contributed by atoms with Crippen LogP contribution in [0, 0.1) is 17.8 Å². The normalized spacial score (nSPS) is 18.4. The van der Waals surface area contributed by atoms with Gasteiger partial charge in [0, 0.05) is 17.6 Å². The second-order valence-corrected chi connectivity index (χ2v) is 33.8. The van der Waals surface area contributed by atoms with Gasteiger partial charge in [-0.2, -0.15) is 43.2 Å². The molecule has 3 atom stereocenters. The summed E-state index contributed by atoms with van der Waals surface area (Å²) in [4.78, 5) is 26.9. The number of alkyl halides is 8. The third-order valence-electron chi connectivity index (χ3n) is 19.1. The molecule has 6 aromatic rings. The molecule has 0 amide bonds. The maximum absolute atomic E-state index is 13.2. The summed E-state index contributed by atoms with van der Waals surface area (Å²) < 4.78 is 181. The minimum Gasteiger partial charge on any atom is -0.465 e. The molecular formula is C85H105F8O14S3+. The summed E-state index contributed by atoms with van der Waals surface area (Å²) >= 11 is 0. The van der Waals surface area contributed by atoms with E-state index < -0.39 is 72.8 Å². The van der Waals surface area contributed by atoms with E-state index in [1.807, 2.05) is 51.1 Å². The molecule has 110 heavy (non-hydrogen) atoms. The molecule has 0 bridgehead atoms. The van der Waals surface area contributed by atoms with Crippen LogP contribution in [0.3, 0.4) is 0 Å². The lowest BCUT2D eigenvalue weighted by Crippen LogP contribution is -2.45. The van der Waals surface area contributed by atoms with Gasteiger partial charge in [0.25, 0.3) is 16.0 Å². The summed E-state index contributed by atoms with van der Waals surface area (Å²) in [6.45, 7) is 28.0. The first-order valence-corrected chi connectivity index (χ1v) is 40.8. The Kier molecular flexibility index (Phi) is 35.5. The van der Waals surface area contributed by atoms with Crippen LogP contribution < -0.4 is 8.92 Å². The lowest BCUT2D eigenvalue weighted by Gasteiger charge is -2.38. The van der Waals surface area contributed by atoms with Crippen LogP contribution in [0.15, 0.2) is 223 Å². The predicted molar refractivity (Wildman–Crippen MR) is 417 cm³/mol. The molecular weight excluding hydrogens is 1490 g/mol. The van der Waals surface area contributed by atoms with Gasteiger partial charge in [0.2, 0.25) is 0 Å². The van der Waals surface area contributed by atoms with Gasteiger partial charge in [0.1, 0.15) is 28.5 Å². The Labute approximate surface area is 647 Å². The zero-order valence-corrected chi connectivity index (χ0v) is 65.8. The Morgan fingerprint density at radius 1 is 0.609 bits per heavy atom. The number of carbonyl (C=O) groups is 2. The van der Waals surface area contributed by atoms with Gasteiger partial charge in [-0.25, -0.2) is 18.4 Å². The maximum atomic E-state index is 13.2. The average molecular weight is 1600 g/mol. The van der Waals surface area contributed by atoms with Crippen molar-refractivity contribution >= 4 is 61.3 Å². The lowest BCUT2D eigenvalue weighted by molar-refractivity contribution is -0.259. The highest BCUT2D eigenvalue weighted by Crippen LogP contribution is 2.47. The number of hydrogen-bond acceptors (Lipinski definition) is 13. The molecule has 0 radical (unpaired) electrons. The van der Waals surface area contributed by atoms with E-state index in [4.69, 9.17) is 23.5 Å². The third kappa shape index (κ3) is 31.3. The van der Waals surface area contributed by atoms with Crippen molar-refractivity contribution < 1.29 is 99.4 Å². The van der Waals surface area contributed by atoms with Gasteiger partial charge in [-0.1, -0.05) is 206 Å². The quantitative estimate of drug-likeness (QED) is 0.00980. The molecule has 602 valence electrons. The SMILES string of the molecule is C=C(C)C(=O)OC(C)(C)C1CCCCC1.C=C1CC2(CCC(CC(C)(O)C(F)(F)F)CC2)OC1=O.C=Cc1ccc(C(C)(O)C(F)(F)F)cc1.C=Cc1ccc(OC(C)OCCC2CCCCC2)cc1.C=Cc1ccc(OS(=O)(=O)CC(F)(F)CS(=O)(=O)O)cc1.c1ccc([S+](c2ccccc2)c2ccccc2)cc1. The average Bonchev–Trinajstić information content (AvgIpc) is 1.41.